The Bertz CT molecular complexity index is 1120. The fourth-order valence-corrected chi connectivity index (χ4v) is 3.38. The van der Waals surface area contributed by atoms with E-state index in [0.717, 1.165) is 5.56 Å². The predicted octanol–water partition coefficient (Wildman–Crippen LogP) is 4.18. The van der Waals surface area contributed by atoms with E-state index in [-0.39, 0.29) is 16.6 Å². The Labute approximate surface area is 173 Å². The molecular weight excluding hydrogens is 412 g/mol. The monoisotopic (exact) mass is 428 g/mol. The Kier molecular flexibility index (Phi) is 6.31. The van der Waals surface area contributed by atoms with Crippen LogP contribution in [0.5, 0.6) is 5.75 Å². The number of benzene rings is 3. The van der Waals surface area contributed by atoms with Crippen LogP contribution in [0.4, 0.5) is 0 Å². The van der Waals surface area contributed by atoms with Crippen molar-refractivity contribution in [3.8, 4) is 5.75 Å². The van der Waals surface area contributed by atoms with Crippen LogP contribution in [0.3, 0.4) is 0 Å². The summed E-state index contributed by atoms with van der Waals surface area (Å²) in [4.78, 5) is 12.0. The molecule has 1 amide bonds. The quantitative estimate of drug-likeness (QED) is 0.362. The van der Waals surface area contributed by atoms with Crippen LogP contribution in [0, 0.1) is 6.92 Å². The summed E-state index contributed by atoms with van der Waals surface area (Å²) in [5.41, 5.74) is 4.44. The van der Waals surface area contributed by atoms with E-state index in [4.69, 9.17) is 15.8 Å². The number of carbonyl (C=O) groups excluding carboxylic acids is 1. The summed E-state index contributed by atoms with van der Waals surface area (Å²) in [6.07, 6.45) is 1.44. The molecule has 0 unspecified atom stereocenters. The average molecular weight is 429 g/mol. The van der Waals surface area contributed by atoms with Gasteiger partial charge in [0.2, 0.25) is 0 Å². The van der Waals surface area contributed by atoms with Crippen LogP contribution in [0.15, 0.2) is 82.8 Å². The topological polar surface area (TPSA) is 84.8 Å². The molecule has 0 atom stereocenters. The first-order chi connectivity index (χ1) is 13.8. The largest absolute Gasteiger partial charge is 0.379 e. The average Bonchev–Trinajstić information content (AvgIpc) is 2.70. The Morgan fingerprint density at radius 1 is 0.966 bits per heavy atom. The second-order valence-corrected chi connectivity index (χ2v) is 8.11. The smallest absolute Gasteiger partial charge is 0.339 e. The van der Waals surface area contributed by atoms with E-state index in [2.05, 4.69) is 10.5 Å². The summed E-state index contributed by atoms with van der Waals surface area (Å²) in [7, 11) is -3.90. The van der Waals surface area contributed by atoms with Crippen LogP contribution in [0.25, 0.3) is 0 Å². The highest BCUT2D eigenvalue weighted by Gasteiger charge is 2.16. The van der Waals surface area contributed by atoms with Gasteiger partial charge in [-0.15, -0.1) is 0 Å². The number of rotatable bonds is 6. The maximum Gasteiger partial charge on any atom is 0.339 e. The summed E-state index contributed by atoms with van der Waals surface area (Å²) in [6, 6.07) is 19.1. The fraction of sp³-hybridized carbons (Fsp3) is 0.0476. The van der Waals surface area contributed by atoms with Crippen molar-refractivity contribution in [1.29, 1.82) is 0 Å². The van der Waals surface area contributed by atoms with Crippen molar-refractivity contribution in [2.75, 3.05) is 0 Å². The zero-order chi connectivity index (χ0) is 20.9. The van der Waals surface area contributed by atoms with Crippen molar-refractivity contribution in [3.05, 3.63) is 94.5 Å². The van der Waals surface area contributed by atoms with Gasteiger partial charge in [0.1, 0.15) is 10.6 Å². The van der Waals surface area contributed by atoms with Crippen LogP contribution in [0.2, 0.25) is 5.02 Å². The molecule has 6 nitrogen and oxygen atoms in total. The molecule has 0 saturated carbocycles. The maximum atomic E-state index is 12.3. The number of halogens is 1. The molecule has 148 valence electrons. The van der Waals surface area contributed by atoms with E-state index >= 15 is 0 Å². The minimum Gasteiger partial charge on any atom is -0.379 e. The Hall–Kier alpha value is -3.16. The van der Waals surface area contributed by atoms with Crippen LogP contribution >= 0.6 is 11.6 Å². The second-order valence-electron chi connectivity index (χ2n) is 6.13. The molecule has 3 aromatic rings. The zero-order valence-electron chi connectivity index (χ0n) is 15.4. The molecule has 0 spiro atoms. The lowest BCUT2D eigenvalue weighted by molar-refractivity contribution is 0.0955. The molecular formula is C21H17ClN2O4S. The molecule has 0 bridgehead atoms. The molecule has 8 heteroatoms. The van der Waals surface area contributed by atoms with E-state index in [1.165, 1.54) is 30.5 Å². The second kappa shape index (κ2) is 8.89. The van der Waals surface area contributed by atoms with Gasteiger partial charge in [-0.3, -0.25) is 4.79 Å². The van der Waals surface area contributed by atoms with Gasteiger partial charge in [-0.05, 0) is 73.2 Å². The normalized spacial score (nSPS) is 11.4. The summed E-state index contributed by atoms with van der Waals surface area (Å²) in [5.74, 6) is -0.199. The van der Waals surface area contributed by atoms with Crippen molar-refractivity contribution in [2.24, 2.45) is 5.10 Å². The van der Waals surface area contributed by atoms with Gasteiger partial charge in [0, 0.05) is 10.6 Å². The number of nitrogens with one attached hydrogen (secondary N) is 1. The van der Waals surface area contributed by atoms with Crippen molar-refractivity contribution < 1.29 is 17.4 Å². The van der Waals surface area contributed by atoms with Crippen molar-refractivity contribution in [1.82, 2.24) is 5.43 Å². The molecule has 0 heterocycles. The molecule has 0 aliphatic heterocycles. The first-order valence-corrected chi connectivity index (χ1v) is 10.3. The van der Waals surface area contributed by atoms with Crippen LogP contribution < -0.4 is 9.61 Å². The van der Waals surface area contributed by atoms with Gasteiger partial charge < -0.3 is 4.18 Å². The minimum absolute atomic E-state index is 0.0821. The molecule has 0 aliphatic carbocycles. The maximum absolute atomic E-state index is 12.3. The Balaban J connectivity index is 1.61. The van der Waals surface area contributed by atoms with E-state index in [1.807, 2.05) is 6.92 Å². The highest BCUT2D eigenvalue weighted by Crippen LogP contribution is 2.19. The van der Waals surface area contributed by atoms with E-state index in [9.17, 15) is 13.2 Å². The lowest BCUT2D eigenvalue weighted by Crippen LogP contribution is -2.17. The Morgan fingerprint density at radius 3 is 2.21 bits per heavy atom. The molecule has 3 aromatic carbocycles. The van der Waals surface area contributed by atoms with Crippen LogP contribution in [-0.4, -0.2) is 20.5 Å². The molecule has 3 rings (SSSR count). The number of nitrogens with zero attached hydrogens (tertiary/aromatic N) is 1. The van der Waals surface area contributed by atoms with Gasteiger partial charge in [0.05, 0.1) is 6.21 Å². The molecule has 0 aliphatic rings. The molecule has 0 radical (unpaired) electrons. The summed E-state index contributed by atoms with van der Waals surface area (Å²) in [6.45, 7) is 1.87. The van der Waals surface area contributed by atoms with Gasteiger partial charge in [-0.25, -0.2) is 5.43 Å². The van der Waals surface area contributed by atoms with E-state index in [0.29, 0.717) is 16.1 Å². The minimum atomic E-state index is -3.90. The molecule has 0 aromatic heterocycles. The third kappa shape index (κ3) is 5.66. The number of aryl methyl sites for hydroxylation is 1. The SMILES string of the molecule is Cc1ccc(S(=O)(=O)Oc2ccc(C=NNC(=O)c3ccc(Cl)cc3)cc2)cc1. The number of carbonyl (C=O) groups is 1. The molecule has 0 fully saturated rings. The third-order valence-electron chi connectivity index (χ3n) is 3.88. The van der Waals surface area contributed by atoms with Crippen molar-refractivity contribution >= 4 is 33.8 Å². The standard InChI is InChI=1S/C21H17ClN2O4S/c1-15-2-12-20(13-3-15)29(26,27)28-19-10-4-16(5-11-19)14-23-24-21(25)17-6-8-18(22)9-7-17/h2-14H,1H3,(H,24,25). The molecule has 0 saturated heterocycles. The first kappa shape index (κ1) is 20.6. The van der Waals surface area contributed by atoms with Crippen molar-refractivity contribution in [2.45, 2.75) is 11.8 Å². The number of amides is 1. The Morgan fingerprint density at radius 2 is 1.59 bits per heavy atom. The van der Waals surface area contributed by atoms with Gasteiger partial charge in [-0.2, -0.15) is 13.5 Å². The predicted molar refractivity (Wildman–Crippen MR) is 112 cm³/mol. The highest BCUT2D eigenvalue weighted by molar-refractivity contribution is 7.87. The molecule has 29 heavy (non-hydrogen) atoms. The van der Waals surface area contributed by atoms with E-state index < -0.39 is 10.1 Å². The summed E-state index contributed by atoms with van der Waals surface area (Å²) < 4.78 is 29.7. The van der Waals surface area contributed by atoms with Gasteiger partial charge in [0.15, 0.2) is 0 Å². The fourth-order valence-electron chi connectivity index (χ4n) is 2.32. The van der Waals surface area contributed by atoms with Gasteiger partial charge >= 0.3 is 10.1 Å². The van der Waals surface area contributed by atoms with Gasteiger partial charge in [-0.1, -0.05) is 29.3 Å². The van der Waals surface area contributed by atoms with Crippen molar-refractivity contribution in [3.63, 3.8) is 0 Å². The van der Waals surface area contributed by atoms with Crippen LogP contribution in [-0.2, 0) is 10.1 Å². The lowest BCUT2D eigenvalue weighted by Gasteiger charge is -2.07. The van der Waals surface area contributed by atoms with E-state index in [1.54, 1.807) is 48.5 Å². The van der Waals surface area contributed by atoms with Crippen LogP contribution in [0.1, 0.15) is 21.5 Å². The highest BCUT2D eigenvalue weighted by atomic mass is 35.5. The third-order valence-corrected chi connectivity index (χ3v) is 5.40. The first-order valence-electron chi connectivity index (χ1n) is 8.54. The van der Waals surface area contributed by atoms with Gasteiger partial charge in [0.25, 0.3) is 5.91 Å². The summed E-state index contributed by atoms with van der Waals surface area (Å²) >= 11 is 5.79. The number of hydrogen-bond acceptors (Lipinski definition) is 5. The number of hydrazone groups is 1. The number of hydrogen-bond donors (Lipinski definition) is 1. The molecule has 1 N–H and O–H groups in total. The lowest BCUT2D eigenvalue weighted by atomic mass is 10.2. The zero-order valence-corrected chi connectivity index (χ0v) is 16.9. The summed E-state index contributed by atoms with van der Waals surface area (Å²) in [5, 5.41) is 4.42.